The van der Waals surface area contributed by atoms with E-state index in [1.807, 2.05) is 22.7 Å². The molecule has 0 bridgehead atoms. The van der Waals surface area contributed by atoms with E-state index in [1.165, 1.54) is 95.0 Å². The van der Waals surface area contributed by atoms with Gasteiger partial charge in [0.2, 0.25) is 0 Å². The molecule has 0 amide bonds. The highest BCUT2D eigenvalue weighted by Gasteiger charge is 2.24. The number of thiophene rings is 2. The first-order valence-electron chi connectivity index (χ1n) is 20.3. The molecule has 1 nitrogen and oxygen atoms in total. The smallest absolute Gasteiger partial charge is 0.0546 e. The molecule has 0 spiro atoms. The molecule has 0 N–H and O–H groups in total. The Bertz CT molecular complexity index is 3540. The first-order chi connectivity index (χ1) is 29.2. The third kappa shape index (κ3) is 5.73. The summed E-state index contributed by atoms with van der Waals surface area (Å²) in [4.78, 5) is 2.47. The Hall–Kier alpha value is -6.78. The Morgan fingerprint density at radius 3 is 1.54 bits per heavy atom. The first kappa shape index (κ1) is 34.3. The average molecular weight is 788 g/mol. The molecule has 0 unspecified atom stereocenters. The van der Waals surface area contributed by atoms with Gasteiger partial charge in [0, 0.05) is 63.0 Å². The quantitative estimate of drug-likeness (QED) is 0.145. The maximum atomic E-state index is 2.53. The van der Waals surface area contributed by atoms with Gasteiger partial charge < -0.3 is 4.90 Å². The lowest BCUT2D eigenvalue weighted by Gasteiger charge is -2.28. The van der Waals surface area contributed by atoms with E-state index < -0.39 is 0 Å². The predicted octanol–water partition coefficient (Wildman–Crippen LogP) is 16.7. The molecule has 0 saturated heterocycles. The molecule has 12 aromatic rings. The summed E-state index contributed by atoms with van der Waals surface area (Å²) in [5.41, 5.74) is 7.51. The van der Waals surface area contributed by atoms with Crippen molar-refractivity contribution < 1.29 is 0 Å². The fourth-order valence-corrected chi connectivity index (χ4v) is 11.7. The summed E-state index contributed by atoms with van der Waals surface area (Å²) in [5.74, 6) is 0.140. The molecule has 0 aliphatic heterocycles. The number of hydrogen-bond donors (Lipinski definition) is 0. The van der Waals surface area contributed by atoms with Crippen molar-refractivity contribution in [3.05, 3.63) is 223 Å². The number of hydrogen-bond acceptors (Lipinski definition) is 3. The maximum absolute atomic E-state index is 2.53. The zero-order chi connectivity index (χ0) is 38.9. The van der Waals surface area contributed by atoms with Gasteiger partial charge >= 0.3 is 0 Å². The molecule has 278 valence electrons. The lowest BCUT2D eigenvalue weighted by Crippen LogP contribution is -2.11. The van der Waals surface area contributed by atoms with Gasteiger partial charge in [0.1, 0.15) is 0 Å². The second kappa shape index (κ2) is 14.0. The lowest BCUT2D eigenvalue weighted by molar-refractivity contribution is 0.815. The van der Waals surface area contributed by atoms with Gasteiger partial charge in [-0.3, -0.25) is 0 Å². The van der Waals surface area contributed by atoms with Crippen molar-refractivity contribution in [2.75, 3.05) is 4.90 Å². The van der Waals surface area contributed by atoms with Crippen molar-refractivity contribution in [1.82, 2.24) is 0 Å². The van der Waals surface area contributed by atoms with Crippen molar-refractivity contribution >= 4 is 112 Å². The van der Waals surface area contributed by atoms with Crippen molar-refractivity contribution in [1.29, 1.82) is 0 Å². The fourth-order valence-electron chi connectivity index (χ4n) is 9.51. The summed E-state index contributed by atoms with van der Waals surface area (Å²) < 4.78 is 5.30. The second-order valence-corrected chi connectivity index (χ2v) is 17.8. The fraction of sp³-hybridized carbons (Fsp3) is 0.0357. The Labute approximate surface area is 350 Å². The van der Waals surface area contributed by atoms with Crippen LogP contribution >= 0.6 is 22.7 Å². The van der Waals surface area contributed by atoms with Crippen LogP contribution < -0.4 is 4.90 Å². The molecule has 0 radical (unpaired) electrons. The Kier molecular flexibility index (Phi) is 8.11. The molecular formula is C56H37NS2. The molecule has 2 heterocycles. The molecular weight excluding hydrogens is 751 g/mol. The molecule has 10 aromatic carbocycles. The van der Waals surface area contributed by atoms with Crippen LogP contribution in [0, 0.1) is 0 Å². The third-order valence-electron chi connectivity index (χ3n) is 12.2. The van der Waals surface area contributed by atoms with Crippen LogP contribution in [-0.2, 0) is 6.42 Å². The molecule has 0 aliphatic rings. The first-order valence-corrected chi connectivity index (χ1v) is 22.0. The van der Waals surface area contributed by atoms with Crippen LogP contribution in [0.15, 0.2) is 206 Å². The molecule has 3 heteroatoms. The molecule has 0 saturated carbocycles. The standard InChI is InChI=1S/C56H37NS2/c1-3-15-36(16-4-1)31-46(37-27-29-55-50(32-37)44-23-11-13-25-53(44)58-55)47-34-48-42-21-9-10-22-43(42)52(35-49(48)41-20-8-7-19-40(41)47)57(38-17-5-2-6-18-38)39-28-30-56-51(33-39)45-24-12-14-26-54(45)59-56/h1-30,32-35,46H,31H2/t46-/m0/s1. The number of para-hydroxylation sites is 1. The van der Waals surface area contributed by atoms with Gasteiger partial charge in [-0.25, -0.2) is 0 Å². The highest BCUT2D eigenvalue weighted by molar-refractivity contribution is 7.26. The summed E-state index contributed by atoms with van der Waals surface area (Å²) in [6, 6.07) is 76.9. The zero-order valence-electron chi connectivity index (χ0n) is 32.2. The second-order valence-electron chi connectivity index (χ2n) is 15.6. The minimum atomic E-state index is 0.140. The van der Waals surface area contributed by atoms with Crippen LogP contribution in [0.25, 0.3) is 72.7 Å². The van der Waals surface area contributed by atoms with Crippen molar-refractivity contribution in [3.63, 3.8) is 0 Å². The largest absolute Gasteiger partial charge is 0.310 e. The summed E-state index contributed by atoms with van der Waals surface area (Å²) in [7, 11) is 0. The topological polar surface area (TPSA) is 3.24 Å². The van der Waals surface area contributed by atoms with Crippen LogP contribution in [0.4, 0.5) is 17.1 Å². The van der Waals surface area contributed by atoms with Crippen LogP contribution in [-0.4, -0.2) is 0 Å². The number of anilines is 3. The monoisotopic (exact) mass is 787 g/mol. The van der Waals surface area contributed by atoms with E-state index in [9.17, 15) is 0 Å². The number of fused-ring (bicyclic) bond motifs is 11. The van der Waals surface area contributed by atoms with Crippen molar-refractivity contribution in [3.8, 4) is 0 Å². The minimum Gasteiger partial charge on any atom is -0.310 e. The van der Waals surface area contributed by atoms with E-state index in [4.69, 9.17) is 0 Å². The van der Waals surface area contributed by atoms with E-state index in [1.54, 1.807) is 0 Å². The summed E-state index contributed by atoms with van der Waals surface area (Å²) in [5, 5.41) is 12.9. The Morgan fingerprint density at radius 1 is 0.339 bits per heavy atom. The Balaban J connectivity index is 1.12. The summed E-state index contributed by atoms with van der Waals surface area (Å²) >= 11 is 3.75. The average Bonchev–Trinajstić information content (AvgIpc) is 3.87. The summed E-state index contributed by atoms with van der Waals surface area (Å²) in [6.45, 7) is 0. The summed E-state index contributed by atoms with van der Waals surface area (Å²) in [6.07, 6.45) is 0.904. The van der Waals surface area contributed by atoms with Crippen molar-refractivity contribution in [2.24, 2.45) is 0 Å². The number of benzene rings is 10. The number of nitrogens with zero attached hydrogens (tertiary/aromatic N) is 1. The van der Waals surface area contributed by atoms with Crippen LogP contribution in [0.5, 0.6) is 0 Å². The third-order valence-corrected chi connectivity index (χ3v) is 14.5. The van der Waals surface area contributed by atoms with Crippen LogP contribution in [0.3, 0.4) is 0 Å². The van der Waals surface area contributed by atoms with E-state index >= 15 is 0 Å². The van der Waals surface area contributed by atoms with E-state index in [0.717, 1.165) is 17.8 Å². The molecule has 0 fully saturated rings. The molecule has 0 aliphatic carbocycles. The minimum absolute atomic E-state index is 0.140. The zero-order valence-corrected chi connectivity index (χ0v) is 33.8. The predicted molar refractivity (Wildman–Crippen MR) is 258 cm³/mol. The number of rotatable bonds is 7. The van der Waals surface area contributed by atoms with Crippen LogP contribution in [0.1, 0.15) is 22.6 Å². The van der Waals surface area contributed by atoms with E-state index in [0.29, 0.717) is 0 Å². The molecule has 12 rings (SSSR count). The van der Waals surface area contributed by atoms with Gasteiger partial charge in [0.25, 0.3) is 0 Å². The Morgan fingerprint density at radius 2 is 0.847 bits per heavy atom. The van der Waals surface area contributed by atoms with Gasteiger partial charge in [-0.05, 0) is 117 Å². The van der Waals surface area contributed by atoms with Crippen LogP contribution in [0.2, 0.25) is 0 Å². The van der Waals surface area contributed by atoms with Crippen molar-refractivity contribution in [2.45, 2.75) is 12.3 Å². The highest BCUT2D eigenvalue weighted by atomic mass is 32.1. The SMILES string of the molecule is c1ccc(C[C@@H](c2ccc3sc4ccccc4c3c2)c2cc3c4ccccc4c(N(c4ccccc4)c4ccc5sc6ccccc6c5c4)cc3c3ccccc23)cc1. The van der Waals surface area contributed by atoms with Gasteiger partial charge in [0.15, 0.2) is 0 Å². The van der Waals surface area contributed by atoms with Gasteiger partial charge in [-0.15, -0.1) is 22.7 Å². The van der Waals surface area contributed by atoms with Gasteiger partial charge in [-0.1, -0.05) is 140 Å². The molecule has 59 heavy (non-hydrogen) atoms. The molecule has 2 aromatic heterocycles. The molecule has 1 atom stereocenters. The normalized spacial score (nSPS) is 12.4. The van der Waals surface area contributed by atoms with E-state index in [2.05, 4.69) is 211 Å². The lowest BCUT2D eigenvalue weighted by atomic mass is 9.81. The van der Waals surface area contributed by atoms with E-state index in [-0.39, 0.29) is 5.92 Å². The van der Waals surface area contributed by atoms with Gasteiger partial charge in [0.05, 0.1) is 5.69 Å². The maximum Gasteiger partial charge on any atom is 0.0546 e. The van der Waals surface area contributed by atoms with Gasteiger partial charge in [-0.2, -0.15) is 0 Å². The highest BCUT2D eigenvalue weighted by Crippen LogP contribution is 2.47.